The number of aromatic nitrogens is 4. The molecule has 2 aromatic rings. The molecule has 0 bridgehead atoms. The molecule has 2 heterocycles. The van der Waals surface area contributed by atoms with Gasteiger partial charge in [0.15, 0.2) is 11.6 Å². The minimum Gasteiger partial charge on any atom is -0.367 e. The molecule has 0 aromatic carbocycles. The first-order chi connectivity index (χ1) is 7.75. The van der Waals surface area contributed by atoms with Crippen LogP contribution >= 0.6 is 11.6 Å². The van der Waals surface area contributed by atoms with Crippen LogP contribution in [0.3, 0.4) is 0 Å². The van der Waals surface area contributed by atoms with E-state index in [9.17, 15) is 4.39 Å². The molecule has 7 heteroatoms. The predicted molar refractivity (Wildman–Crippen MR) is 57.8 cm³/mol. The third-order valence-corrected chi connectivity index (χ3v) is 2.13. The summed E-state index contributed by atoms with van der Waals surface area (Å²) < 4.78 is 13.3. The average molecular weight is 242 g/mol. The third-order valence-electron chi connectivity index (χ3n) is 1.93. The molecule has 0 unspecified atom stereocenters. The van der Waals surface area contributed by atoms with E-state index in [1.165, 1.54) is 18.6 Å². The van der Waals surface area contributed by atoms with Crippen LogP contribution in [0.1, 0.15) is 5.82 Å². The van der Waals surface area contributed by atoms with E-state index in [-0.39, 0.29) is 10.8 Å². The molecule has 2 N–H and O–H groups in total. The molecule has 0 aliphatic carbocycles. The van der Waals surface area contributed by atoms with Gasteiger partial charge in [-0.1, -0.05) is 11.6 Å². The Hall–Kier alpha value is -1.69. The van der Waals surface area contributed by atoms with Crippen LogP contribution in [0.2, 0.25) is 5.02 Å². The summed E-state index contributed by atoms with van der Waals surface area (Å²) in [6.45, 7) is 0.515. The fourth-order valence-corrected chi connectivity index (χ4v) is 1.34. The minimum absolute atomic E-state index is 0.184. The molecule has 0 aliphatic rings. The predicted octanol–water partition coefficient (Wildman–Crippen LogP) is 1.65. The first-order valence-electron chi connectivity index (χ1n) is 4.65. The molecular formula is C9H9ClFN5. The summed E-state index contributed by atoms with van der Waals surface area (Å²) in [5.74, 6) is 0.454. The van der Waals surface area contributed by atoms with Crippen molar-refractivity contribution in [1.29, 1.82) is 0 Å². The van der Waals surface area contributed by atoms with Crippen molar-refractivity contribution in [3.05, 3.63) is 35.3 Å². The zero-order valence-corrected chi connectivity index (χ0v) is 9.00. The molecule has 0 radical (unpaired) electrons. The van der Waals surface area contributed by atoms with E-state index in [1.54, 1.807) is 0 Å². The quantitative estimate of drug-likeness (QED) is 0.854. The molecule has 2 rings (SSSR count). The summed E-state index contributed by atoms with van der Waals surface area (Å²) in [5, 5.41) is 9.54. The first kappa shape index (κ1) is 10.8. The summed E-state index contributed by atoms with van der Waals surface area (Å²) in [4.78, 5) is 7.77. The van der Waals surface area contributed by atoms with E-state index in [0.717, 1.165) is 5.82 Å². The van der Waals surface area contributed by atoms with E-state index < -0.39 is 5.82 Å². The summed E-state index contributed by atoms with van der Waals surface area (Å²) in [6, 6.07) is 1.21. The normalized spacial score (nSPS) is 10.4. The highest BCUT2D eigenvalue weighted by atomic mass is 35.5. The maximum absolute atomic E-state index is 13.3. The highest BCUT2D eigenvalue weighted by Crippen LogP contribution is 2.15. The van der Waals surface area contributed by atoms with Gasteiger partial charge in [0, 0.05) is 19.2 Å². The number of nitrogens with zero attached hydrogens (tertiary/aromatic N) is 3. The zero-order valence-electron chi connectivity index (χ0n) is 8.24. The van der Waals surface area contributed by atoms with Gasteiger partial charge in [0.05, 0.1) is 5.02 Å². The Bertz CT molecular complexity index is 459. The van der Waals surface area contributed by atoms with Gasteiger partial charge in [-0.25, -0.2) is 14.4 Å². The first-order valence-corrected chi connectivity index (χ1v) is 5.02. The summed E-state index contributed by atoms with van der Waals surface area (Å²) in [5.41, 5.74) is 0. The van der Waals surface area contributed by atoms with Gasteiger partial charge >= 0.3 is 0 Å². The molecule has 0 aliphatic heterocycles. The molecule has 16 heavy (non-hydrogen) atoms. The van der Waals surface area contributed by atoms with Gasteiger partial charge in [0.25, 0.3) is 0 Å². The van der Waals surface area contributed by atoms with Crippen LogP contribution in [0, 0.1) is 5.82 Å². The van der Waals surface area contributed by atoms with Crippen molar-refractivity contribution < 1.29 is 4.39 Å². The Labute approximate surface area is 96.1 Å². The van der Waals surface area contributed by atoms with E-state index in [0.29, 0.717) is 13.0 Å². The number of hydrogen-bond donors (Lipinski definition) is 2. The molecule has 0 atom stereocenters. The number of rotatable bonds is 4. The summed E-state index contributed by atoms with van der Waals surface area (Å²) in [6.07, 6.45) is 3.43. The fraction of sp³-hybridized carbons (Fsp3) is 0.222. The molecule has 0 spiro atoms. The minimum atomic E-state index is -0.468. The molecule has 0 saturated heterocycles. The van der Waals surface area contributed by atoms with Crippen LogP contribution < -0.4 is 5.32 Å². The molecule has 2 aromatic heterocycles. The lowest BCUT2D eigenvalue weighted by Crippen LogP contribution is -2.08. The zero-order chi connectivity index (χ0) is 11.4. The second-order valence-corrected chi connectivity index (χ2v) is 3.53. The lowest BCUT2D eigenvalue weighted by Gasteiger charge is -2.04. The third kappa shape index (κ3) is 2.66. The lowest BCUT2D eigenvalue weighted by atomic mass is 10.4. The Morgan fingerprint density at radius 1 is 1.44 bits per heavy atom. The van der Waals surface area contributed by atoms with Crippen LogP contribution in [-0.4, -0.2) is 26.7 Å². The number of hydrogen-bond acceptors (Lipinski definition) is 4. The van der Waals surface area contributed by atoms with Crippen LogP contribution in [0.25, 0.3) is 0 Å². The second kappa shape index (κ2) is 4.89. The number of H-pyrrole nitrogens is 1. The number of halogens is 2. The van der Waals surface area contributed by atoms with E-state index in [4.69, 9.17) is 11.6 Å². The number of nitrogens with one attached hydrogen (secondary N) is 2. The van der Waals surface area contributed by atoms with Crippen LogP contribution in [0.4, 0.5) is 10.2 Å². The Morgan fingerprint density at radius 2 is 2.31 bits per heavy atom. The van der Waals surface area contributed by atoms with Gasteiger partial charge in [0.1, 0.15) is 12.2 Å². The Kier molecular flexibility index (Phi) is 3.31. The second-order valence-electron chi connectivity index (χ2n) is 3.09. The molecule has 0 saturated carbocycles. The highest BCUT2D eigenvalue weighted by molar-refractivity contribution is 6.30. The van der Waals surface area contributed by atoms with Gasteiger partial charge in [-0.05, 0) is 6.07 Å². The van der Waals surface area contributed by atoms with Crippen molar-refractivity contribution >= 4 is 17.4 Å². The molecule has 5 nitrogen and oxygen atoms in total. The van der Waals surface area contributed by atoms with Gasteiger partial charge in [0.2, 0.25) is 0 Å². The molecule has 84 valence electrons. The van der Waals surface area contributed by atoms with Gasteiger partial charge in [-0.3, -0.25) is 5.10 Å². The van der Waals surface area contributed by atoms with Crippen molar-refractivity contribution in [2.24, 2.45) is 0 Å². The summed E-state index contributed by atoms with van der Waals surface area (Å²) >= 11 is 5.58. The van der Waals surface area contributed by atoms with Crippen LogP contribution in [-0.2, 0) is 6.42 Å². The monoisotopic (exact) mass is 241 g/mol. The fourth-order valence-electron chi connectivity index (χ4n) is 1.20. The van der Waals surface area contributed by atoms with E-state index in [1.807, 2.05) is 0 Å². The van der Waals surface area contributed by atoms with Crippen molar-refractivity contribution in [2.75, 3.05) is 11.9 Å². The standard InChI is InChI=1S/C9H9ClFN5/c10-6-3-7(11)9(13-4-6)12-2-1-8-14-5-15-16-8/h3-5H,1-2H2,(H,12,13)(H,14,15,16). The molecular weight excluding hydrogens is 233 g/mol. The van der Waals surface area contributed by atoms with E-state index in [2.05, 4.69) is 25.5 Å². The van der Waals surface area contributed by atoms with Crippen LogP contribution in [0.15, 0.2) is 18.6 Å². The number of anilines is 1. The summed E-state index contributed by atoms with van der Waals surface area (Å²) in [7, 11) is 0. The van der Waals surface area contributed by atoms with E-state index >= 15 is 0 Å². The smallest absolute Gasteiger partial charge is 0.166 e. The number of pyridine rings is 1. The van der Waals surface area contributed by atoms with Crippen LogP contribution in [0.5, 0.6) is 0 Å². The molecule has 0 amide bonds. The van der Waals surface area contributed by atoms with Gasteiger partial charge < -0.3 is 5.32 Å². The Morgan fingerprint density at radius 3 is 3.00 bits per heavy atom. The number of aromatic amines is 1. The average Bonchev–Trinajstić information content (AvgIpc) is 2.74. The van der Waals surface area contributed by atoms with Crippen molar-refractivity contribution in [3.8, 4) is 0 Å². The SMILES string of the molecule is Fc1cc(Cl)cnc1NCCc1ncn[nH]1. The maximum Gasteiger partial charge on any atom is 0.166 e. The maximum atomic E-state index is 13.3. The van der Waals surface area contributed by atoms with Crippen molar-refractivity contribution in [3.63, 3.8) is 0 Å². The van der Waals surface area contributed by atoms with Gasteiger partial charge in [-0.15, -0.1) is 0 Å². The largest absolute Gasteiger partial charge is 0.367 e. The van der Waals surface area contributed by atoms with Crippen molar-refractivity contribution in [2.45, 2.75) is 6.42 Å². The van der Waals surface area contributed by atoms with Crippen molar-refractivity contribution in [1.82, 2.24) is 20.2 Å². The topological polar surface area (TPSA) is 66.5 Å². The highest BCUT2D eigenvalue weighted by Gasteiger charge is 2.04. The van der Waals surface area contributed by atoms with Gasteiger partial charge in [-0.2, -0.15) is 5.10 Å². The Balaban J connectivity index is 1.90. The molecule has 0 fully saturated rings. The lowest BCUT2D eigenvalue weighted by molar-refractivity contribution is 0.624.